The monoisotopic (exact) mass is 262 g/mol. The molecule has 0 spiro atoms. The van der Waals surface area contributed by atoms with Crippen molar-refractivity contribution in [2.45, 2.75) is 39.7 Å². The van der Waals surface area contributed by atoms with E-state index in [0.29, 0.717) is 12.5 Å². The van der Waals surface area contributed by atoms with Gasteiger partial charge in [0.15, 0.2) is 0 Å². The van der Waals surface area contributed by atoms with Crippen LogP contribution in [-0.2, 0) is 4.79 Å². The van der Waals surface area contributed by atoms with E-state index in [4.69, 9.17) is 0 Å². The molecule has 0 bridgehead atoms. The van der Waals surface area contributed by atoms with Crippen molar-refractivity contribution in [2.24, 2.45) is 5.92 Å². The lowest BCUT2D eigenvalue weighted by atomic mass is 9.99. The van der Waals surface area contributed by atoms with Gasteiger partial charge in [0.05, 0.1) is 6.04 Å². The fourth-order valence-corrected chi connectivity index (χ4v) is 2.01. The van der Waals surface area contributed by atoms with Gasteiger partial charge in [-0.25, -0.2) is 0 Å². The lowest BCUT2D eigenvalue weighted by Gasteiger charge is -2.18. The van der Waals surface area contributed by atoms with E-state index in [-0.39, 0.29) is 17.9 Å². The van der Waals surface area contributed by atoms with E-state index in [0.717, 1.165) is 5.56 Å². The van der Waals surface area contributed by atoms with Crippen LogP contribution in [-0.4, -0.2) is 19.5 Å². The third kappa shape index (κ3) is 4.67. The smallest absolute Gasteiger partial charge is 0.224 e. The molecule has 0 aliphatic carbocycles. The Balaban J connectivity index is 2.62. The summed E-state index contributed by atoms with van der Waals surface area (Å²) in [6, 6.07) is 8.53. The Hall–Kier alpha value is -1.35. The molecule has 0 aliphatic rings. The first-order chi connectivity index (χ1) is 8.95. The fraction of sp³-hybridized carbons (Fsp3) is 0.562. The first-order valence-corrected chi connectivity index (χ1v) is 7.00. The van der Waals surface area contributed by atoms with Gasteiger partial charge in [0.2, 0.25) is 5.91 Å². The summed E-state index contributed by atoms with van der Waals surface area (Å²) in [7, 11) is 1.86. The molecule has 1 aromatic rings. The maximum atomic E-state index is 11.9. The maximum absolute atomic E-state index is 11.9. The molecule has 1 aromatic carbocycles. The van der Waals surface area contributed by atoms with Crippen LogP contribution in [0.4, 0.5) is 0 Å². The number of amides is 1. The molecule has 2 N–H and O–H groups in total. The van der Waals surface area contributed by atoms with E-state index in [1.807, 2.05) is 20.9 Å². The molecule has 106 valence electrons. The van der Waals surface area contributed by atoms with E-state index in [1.54, 1.807) is 0 Å². The highest BCUT2D eigenvalue weighted by Crippen LogP contribution is 2.18. The Kier molecular flexibility index (Phi) is 6.03. The minimum absolute atomic E-state index is 0.0117. The molecule has 0 saturated carbocycles. The second-order valence-electron chi connectivity index (χ2n) is 5.51. The summed E-state index contributed by atoms with van der Waals surface area (Å²) in [6.07, 6.45) is 0. The zero-order valence-electron chi connectivity index (χ0n) is 12.7. The molecule has 0 aliphatic heterocycles. The number of carbonyl (C=O) groups excluding carboxylic acids is 1. The number of carbonyl (C=O) groups is 1. The highest BCUT2D eigenvalue weighted by molar-refractivity contribution is 5.78. The van der Waals surface area contributed by atoms with Gasteiger partial charge in [0.1, 0.15) is 0 Å². The predicted octanol–water partition coefficient (Wildman–Crippen LogP) is 2.84. The summed E-state index contributed by atoms with van der Waals surface area (Å²) >= 11 is 0. The minimum Gasteiger partial charge on any atom is -0.349 e. The molecule has 3 nitrogen and oxygen atoms in total. The van der Waals surface area contributed by atoms with Crippen LogP contribution in [0.1, 0.15) is 50.8 Å². The molecular weight excluding hydrogens is 236 g/mol. The van der Waals surface area contributed by atoms with Gasteiger partial charge in [0.25, 0.3) is 0 Å². The summed E-state index contributed by atoms with van der Waals surface area (Å²) in [5.41, 5.74) is 2.47. The number of hydrogen-bond donors (Lipinski definition) is 2. The van der Waals surface area contributed by atoms with E-state index >= 15 is 0 Å². The summed E-state index contributed by atoms with van der Waals surface area (Å²) in [5, 5.41) is 6.07. The number of rotatable bonds is 6. The van der Waals surface area contributed by atoms with Crippen molar-refractivity contribution in [1.29, 1.82) is 0 Å². The van der Waals surface area contributed by atoms with Crippen LogP contribution < -0.4 is 10.6 Å². The Labute approximate surface area is 116 Å². The summed E-state index contributed by atoms with van der Waals surface area (Å²) in [5.74, 6) is 0.617. The van der Waals surface area contributed by atoms with Gasteiger partial charge in [-0.1, -0.05) is 45.0 Å². The zero-order valence-corrected chi connectivity index (χ0v) is 12.7. The minimum atomic E-state index is -0.0117. The molecule has 2 atom stereocenters. The summed E-state index contributed by atoms with van der Waals surface area (Å²) < 4.78 is 0. The largest absolute Gasteiger partial charge is 0.349 e. The summed E-state index contributed by atoms with van der Waals surface area (Å²) in [6.45, 7) is 9.01. The normalized spacial score (nSPS) is 14.2. The van der Waals surface area contributed by atoms with Crippen molar-refractivity contribution in [1.82, 2.24) is 10.6 Å². The van der Waals surface area contributed by atoms with Crippen LogP contribution in [0.25, 0.3) is 0 Å². The van der Waals surface area contributed by atoms with Crippen molar-refractivity contribution in [2.75, 3.05) is 13.6 Å². The molecular formula is C16H26N2O. The molecule has 0 aromatic heterocycles. The molecule has 2 unspecified atom stereocenters. The van der Waals surface area contributed by atoms with Crippen molar-refractivity contribution in [3.63, 3.8) is 0 Å². The van der Waals surface area contributed by atoms with Crippen molar-refractivity contribution >= 4 is 5.91 Å². The molecule has 0 radical (unpaired) electrons. The summed E-state index contributed by atoms with van der Waals surface area (Å²) in [4.78, 5) is 11.9. The highest BCUT2D eigenvalue weighted by Gasteiger charge is 2.15. The van der Waals surface area contributed by atoms with Gasteiger partial charge in [-0.3, -0.25) is 4.79 Å². The first kappa shape index (κ1) is 15.7. The topological polar surface area (TPSA) is 41.1 Å². The predicted molar refractivity (Wildman–Crippen MR) is 80.2 cm³/mol. The number of benzene rings is 1. The Bertz CT molecular complexity index is 398. The van der Waals surface area contributed by atoms with Crippen molar-refractivity contribution < 1.29 is 4.79 Å². The van der Waals surface area contributed by atoms with Gasteiger partial charge in [0, 0.05) is 12.5 Å². The number of nitrogens with one attached hydrogen (secondary N) is 2. The van der Waals surface area contributed by atoms with Gasteiger partial charge in [-0.15, -0.1) is 0 Å². The van der Waals surface area contributed by atoms with Gasteiger partial charge in [-0.05, 0) is 31.0 Å². The number of hydrogen-bond acceptors (Lipinski definition) is 2. The van der Waals surface area contributed by atoms with Gasteiger partial charge < -0.3 is 10.6 Å². The van der Waals surface area contributed by atoms with Crippen molar-refractivity contribution in [3.05, 3.63) is 35.4 Å². The van der Waals surface area contributed by atoms with Crippen LogP contribution in [0.2, 0.25) is 0 Å². The van der Waals surface area contributed by atoms with Gasteiger partial charge in [-0.2, -0.15) is 0 Å². The maximum Gasteiger partial charge on any atom is 0.224 e. The zero-order chi connectivity index (χ0) is 14.4. The van der Waals surface area contributed by atoms with Crippen LogP contribution in [0.3, 0.4) is 0 Å². The molecule has 1 amide bonds. The Morgan fingerprint density at radius 3 is 2.05 bits per heavy atom. The van der Waals surface area contributed by atoms with Gasteiger partial charge >= 0.3 is 0 Å². The standard InChI is InChI=1S/C16H26N2O/c1-11(2)14-6-8-15(9-7-14)13(4)18-16(19)12(3)10-17-5/h6-9,11-13,17H,10H2,1-5H3,(H,18,19). The lowest BCUT2D eigenvalue weighted by Crippen LogP contribution is -2.35. The second-order valence-corrected chi connectivity index (χ2v) is 5.51. The highest BCUT2D eigenvalue weighted by atomic mass is 16.1. The average molecular weight is 262 g/mol. The van der Waals surface area contributed by atoms with Crippen LogP contribution in [0.5, 0.6) is 0 Å². The fourth-order valence-electron chi connectivity index (χ4n) is 2.01. The molecule has 1 rings (SSSR count). The van der Waals surface area contributed by atoms with E-state index in [9.17, 15) is 4.79 Å². The van der Waals surface area contributed by atoms with E-state index in [1.165, 1.54) is 5.56 Å². The van der Waals surface area contributed by atoms with E-state index < -0.39 is 0 Å². The third-order valence-electron chi connectivity index (χ3n) is 3.42. The second kappa shape index (κ2) is 7.29. The molecule has 0 saturated heterocycles. The van der Waals surface area contributed by atoms with Crippen LogP contribution >= 0.6 is 0 Å². The lowest BCUT2D eigenvalue weighted by molar-refractivity contribution is -0.125. The van der Waals surface area contributed by atoms with Crippen LogP contribution in [0.15, 0.2) is 24.3 Å². The van der Waals surface area contributed by atoms with E-state index in [2.05, 4.69) is 48.7 Å². The molecule has 19 heavy (non-hydrogen) atoms. The van der Waals surface area contributed by atoms with Crippen molar-refractivity contribution in [3.8, 4) is 0 Å². The Morgan fingerprint density at radius 2 is 1.58 bits per heavy atom. The quantitative estimate of drug-likeness (QED) is 0.827. The van der Waals surface area contributed by atoms with Crippen LogP contribution in [0, 0.1) is 5.92 Å². The molecule has 3 heteroatoms. The SMILES string of the molecule is CNCC(C)C(=O)NC(C)c1ccc(C(C)C)cc1. The third-order valence-corrected chi connectivity index (χ3v) is 3.42. The molecule has 0 fully saturated rings. The molecule has 0 heterocycles. The first-order valence-electron chi connectivity index (χ1n) is 7.00. The Morgan fingerprint density at radius 1 is 1.05 bits per heavy atom. The average Bonchev–Trinajstić information content (AvgIpc) is 2.38.